The first kappa shape index (κ1) is 8.58. The van der Waals surface area contributed by atoms with E-state index in [0.29, 0.717) is 12.2 Å². The first-order valence-corrected chi connectivity index (χ1v) is 3.65. The lowest BCUT2D eigenvalue weighted by molar-refractivity contribution is 0.0503. The molecule has 0 radical (unpaired) electrons. The Morgan fingerprint density at radius 2 is 2.17 bits per heavy atom. The fourth-order valence-electron chi connectivity index (χ4n) is 0.623. The topological polar surface area (TPSA) is 65.0 Å². The molecule has 1 aromatic rings. The maximum absolute atomic E-state index is 11.1. The van der Waals surface area contributed by atoms with Crippen LogP contribution in [0.3, 0.4) is 0 Å². The van der Waals surface area contributed by atoms with Gasteiger partial charge in [-0.1, -0.05) is 6.92 Å². The molecule has 0 atom stereocenters. The molecule has 5 nitrogen and oxygen atoms in total. The van der Waals surface area contributed by atoms with Crippen LogP contribution < -0.4 is 0 Å². The summed E-state index contributed by atoms with van der Waals surface area (Å²) >= 11 is 0. The molecule has 5 heteroatoms. The zero-order chi connectivity index (χ0) is 8.81. The smallest absolute Gasteiger partial charge is 0.341 e. The molecule has 64 valence electrons. The number of ether oxygens (including phenoxy) is 1. The summed E-state index contributed by atoms with van der Waals surface area (Å²) in [4.78, 5) is 11.1. The standard InChI is InChI=1S/C7H9N3O2/c1-2-3-12-7(11)6-4-8-10-9-5-6/h4-5H,2-3H2,1H3. The quantitative estimate of drug-likeness (QED) is 0.611. The lowest BCUT2D eigenvalue weighted by atomic mass is 10.4. The van der Waals surface area contributed by atoms with Gasteiger partial charge >= 0.3 is 5.97 Å². The molecule has 0 bridgehead atoms. The zero-order valence-electron chi connectivity index (χ0n) is 6.73. The van der Waals surface area contributed by atoms with Crippen LogP contribution in [-0.2, 0) is 4.74 Å². The number of carbonyl (C=O) groups is 1. The maximum Gasteiger partial charge on any atom is 0.341 e. The second-order valence-corrected chi connectivity index (χ2v) is 2.17. The summed E-state index contributed by atoms with van der Waals surface area (Å²) < 4.78 is 4.83. The van der Waals surface area contributed by atoms with E-state index in [9.17, 15) is 4.79 Å². The van der Waals surface area contributed by atoms with Gasteiger partial charge in [-0.15, -0.1) is 10.2 Å². The van der Waals surface area contributed by atoms with Gasteiger partial charge in [-0.3, -0.25) is 0 Å². The Labute approximate surface area is 69.8 Å². The highest BCUT2D eigenvalue weighted by Gasteiger charge is 2.05. The van der Waals surface area contributed by atoms with E-state index in [2.05, 4.69) is 15.4 Å². The van der Waals surface area contributed by atoms with Crippen molar-refractivity contribution in [3.63, 3.8) is 0 Å². The van der Waals surface area contributed by atoms with Crippen LogP contribution in [0.4, 0.5) is 0 Å². The molecule has 0 saturated carbocycles. The molecule has 1 heterocycles. The monoisotopic (exact) mass is 167 g/mol. The average Bonchev–Trinajstić information content (AvgIpc) is 2.15. The Morgan fingerprint density at radius 1 is 1.50 bits per heavy atom. The lowest BCUT2D eigenvalue weighted by Crippen LogP contribution is -2.07. The molecule has 1 aromatic heterocycles. The SMILES string of the molecule is CCCOC(=O)c1cnnnc1. The highest BCUT2D eigenvalue weighted by molar-refractivity contribution is 5.88. The van der Waals surface area contributed by atoms with Crippen LogP contribution in [0.25, 0.3) is 0 Å². The first-order valence-electron chi connectivity index (χ1n) is 3.65. The van der Waals surface area contributed by atoms with Crippen molar-refractivity contribution >= 4 is 5.97 Å². The van der Waals surface area contributed by atoms with E-state index in [1.165, 1.54) is 12.4 Å². The van der Waals surface area contributed by atoms with Gasteiger partial charge in [0.15, 0.2) is 0 Å². The number of esters is 1. The number of hydrogen-bond donors (Lipinski definition) is 0. The number of rotatable bonds is 3. The molecule has 0 aliphatic carbocycles. The third-order valence-electron chi connectivity index (χ3n) is 1.17. The Balaban J connectivity index is 2.54. The number of nitrogens with zero attached hydrogens (tertiary/aromatic N) is 3. The van der Waals surface area contributed by atoms with Gasteiger partial charge in [-0.05, 0) is 11.6 Å². The molecule has 0 unspecified atom stereocenters. The van der Waals surface area contributed by atoms with Gasteiger partial charge in [0.1, 0.15) is 0 Å². The summed E-state index contributed by atoms with van der Waals surface area (Å²) in [5.41, 5.74) is 0.332. The van der Waals surface area contributed by atoms with Crippen molar-refractivity contribution in [2.45, 2.75) is 13.3 Å². The van der Waals surface area contributed by atoms with Gasteiger partial charge < -0.3 is 4.74 Å². The Morgan fingerprint density at radius 3 is 2.75 bits per heavy atom. The molecule has 0 N–H and O–H groups in total. The lowest BCUT2D eigenvalue weighted by Gasteiger charge is -1.99. The molecule has 12 heavy (non-hydrogen) atoms. The van der Waals surface area contributed by atoms with Crippen LogP contribution in [-0.4, -0.2) is 28.0 Å². The number of carbonyl (C=O) groups excluding carboxylic acids is 1. The van der Waals surface area contributed by atoms with E-state index < -0.39 is 5.97 Å². The van der Waals surface area contributed by atoms with Gasteiger partial charge in [-0.25, -0.2) is 4.79 Å². The molecular weight excluding hydrogens is 158 g/mol. The summed E-state index contributed by atoms with van der Waals surface area (Å²) in [5.74, 6) is -0.403. The van der Waals surface area contributed by atoms with Crippen LogP contribution in [0.1, 0.15) is 23.7 Å². The Bertz CT molecular complexity index is 250. The number of aromatic nitrogens is 3. The van der Waals surface area contributed by atoms with Crippen molar-refractivity contribution in [1.29, 1.82) is 0 Å². The van der Waals surface area contributed by atoms with Crippen molar-refractivity contribution < 1.29 is 9.53 Å². The van der Waals surface area contributed by atoms with Crippen LogP contribution >= 0.6 is 0 Å². The predicted octanol–water partition coefficient (Wildman–Crippen LogP) is 0.438. The number of hydrogen-bond acceptors (Lipinski definition) is 5. The van der Waals surface area contributed by atoms with Gasteiger partial charge in [0.05, 0.1) is 24.6 Å². The average molecular weight is 167 g/mol. The molecule has 0 fully saturated rings. The highest BCUT2D eigenvalue weighted by atomic mass is 16.5. The van der Waals surface area contributed by atoms with Crippen LogP contribution in [0.15, 0.2) is 12.4 Å². The minimum absolute atomic E-state index is 0.332. The summed E-state index contributed by atoms with van der Waals surface area (Å²) in [7, 11) is 0. The largest absolute Gasteiger partial charge is 0.462 e. The van der Waals surface area contributed by atoms with Gasteiger partial charge in [0.2, 0.25) is 0 Å². The molecule has 1 rings (SSSR count). The van der Waals surface area contributed by atoms with Gasteiger partial charge in [0.25, 0.3) is 0 Å². The minimum Gasteiger partial charge on any atom is -0.462 e. The minimum atomic E-state index is -0.403. The summed E-state index contributed by atoms with van der Waals surface area (Å²) in [5, 5.41) is 10.2. The third-order valence-corrected chi connectivity index (χ3v) is 1.17. The van der Waals surface area contributed by atoms with Gasteiger partial charge in [0, 0.05) is 0 Å². The van der Waals surface area contributed by atoms with Crippen LogP contribution in [0.2, 0.25) is 0 Å². The third kappa shape index (κ3) is 2.26. The molecule has 0 aromatic carbocycles. The molecule has 0 amide bonds. The van der Waals surface area contributed by atoms with Crippen LogP contribution in [0.5, 0.6) is 0 Å². The summed E-state index contributed by atoms with van der Waals surface area (Å²) in [6, 6.07) is 0. The van der Waals surface area contributed by atoms with Crippen molar-refractivity contribution in [3.05, 3.63) is 18.0 Å². The van der Waals surface area contributed by atoms with Crippen LogP contribution in [0, 0.1) is 0 Å². The van der Waals surface area contributed by atoms with E-state index in [0.717, 1.165) is 6.42 Å². The van der Waals surface area contributed by atoms with Crippen molar-refractivity contribution in [2.24, 2.45) is 0 Å². The second kappa shape index (κ2) is 4.38. The van der Waals surface area contributed by atoms with Crippen molar-refractivity contribution in [1.82, 2.24) is 15.4 Å². The van der Waals surface area contributed by atoms with Crippen molar-refractivity contribution in [3.8, 4) is 0 Å². The summed E-state index contributed by atoms with van der Waals surface area (Å²) in [6.07, 6.45) is 3.45. The predicted molar refractivity (Wildman–Crippen MR) is 40.4 cm³/mol. The highest BCUT2D eigenvalue weighted by Crippen LogP contribution is 1.95. The Hall–Kier alpha value is -1.52. The second-order valence-electron chi connectivity index (χ2n) is 2.17. The zero-order valence-corrected chi connectivity index (χ0v) is 6.73. The Kier molecular flexibility index (Phi) is 3.13. The fourth-order valence-corrected chi connectivity index (χ4v) is 0.623. The molecule has 0 saturated heterocycles. The normalized spacial score (nSPS) is 9.42. The van der Waals surface area contributed by atoms with E-state index in [1.54, 1.807) is 0 Å². The molecule has 0 aliphatic rings. The van der Waals surface area contributed by atoms with Crippen molar-refractivity contribution in [2.75, 3.05) is 6.61 Å². The first-order chi connectivity index (χ1) is 5.84. The summed E-state index contributed by atoms with van der Waals surface area (Å²) in [6.45, 7) is 2.34. The van der Waals surface area contributed by atoms with E-state index in [-0.39, 0.29) is 0 Å². The fraction of sp³-hybridized carbons (Fsp3) is 0.429. The molecule has 0 aliphatic heterocycles. The van der Waals surface area contributed by atoms with E-state index in [1.807, 2.05) is 6.92 Å². The maximum atomic E-state index is 11.1. The molecule has 0 spiro atoms. The molecular formula is C7H9N3O2. The van der Waals surface area contributed by atoms with E-state index >= 15 is 0 Å². The van der Waals surface area contributed by atoms with Gasteiger partial charge in [-0.2, -0.15) is 0 Å². The van der Waals surface area contributed by atoms with E-state index in [4.69, 9.17) is 4.74 Å².